The average molecular weight is 239 g/mol. The number of carboxylic acids is 1. The van der Waals surface area contributed by atoms with Crippen molar-refractivity contribution in [1.82, 2.24) is 4.90 Å². The zero-order valence-electron chi connectivity index (χ0n) is 11.1. The first kappa shape index (κ1) is 12.9. The second-order valence-electron chi connectivity index (χ2n) is 6.48. The van der Waals surface area contributed by atoms with Gasteiger partial charge in [0.05, 0.1) is 0 Å². The fourth-order valence-corrected chi connectivity index (χ4v) is 3.69. The van der Waals surface area contributed by atoms with Crippen molar-refractivity contribution in [2.75, 3.05) is 13.1 Å². The summed E-state index contributed by atoms with van der Waals surface area (Å²) in [4.78, 5) is 13.2. The Balaban J connectivity index is 1.83. The molecular weight excluding hydrogens is 214 g/mol. The molecule has 0 radical (unpaired) electrons. The van der Waals surface area contributed by atoms with Crippen molar-refractivity contribution in [2.45, 2.75) is 58.4 Å². The van der Waals surface area contributed by atoms with E-state index in [1.54, 1.807) is 0 Å². The Labute approximate surface area is 104 Å². The second-order valence-corrected chi connectivity index (χ2v) is 6.48. The molecule has 1 saturated heterocycles. The highest BCUT2D eigenvalue weighted by Crippen LogP contribution is 2.42. The number of carbonyl (C=O) groups is 1. The molecule has 0 bridgehead atoms. The molecule has 0 aromatic carbocycles. The fraction of sp³-hybridized carbons (Fsp3) is 0.929. The predicted molar refractivity (Wildman–Crippen MR) is 68.0 cm³/mol. The molecule has 0 aromatic heterocycles. The lowest BCUT2D eigenvalue weighted by molar-refractivity contribution is -0.137. The van der Waals surface area contributed by atoms with Gasteiger partial charge in [-0.25, -0.2) is 0 Å². The van der Waals surface area contributed by atoms with Gasteiger partial charge in [-0.1, -0.05) is 20.3 Å². The molecule has 2 unspecified atom stereocenters. The maximum absolute atomic E-state index is 10.6. The van der Waals surface area contributed by atoms with Crippen LogP contribution in [0.2, 0.25) is 0 Å². The lowest BCUT2D eigenvalue weighted by Gasteiger charge is -2.35. The van der Waals surface area contributed by atoms with Crippen LogP contribution in [0.3, 0.4) is 0 Å². The van der Waals surface area contributed by atoms with Crippen molar-refractivity contribution in [3.63, 3.8) is 0 Å². The molecule has 0 aromatic rings. The number of hydrogen-bond donors (Lipinski definition) is 1. The van der Waals surface area contributed by atoms with E-state index < -0.39 is 5.97 Å². The van der Waals surface area contributed by atoms with Gasteiger partial charge in [0.2, 0.25) is 0 Å². The van der Waals surface area contributed by atoms with Gasteiger partial charge in [-0.3, -0.25) is 9.69 Å². The highest BCUT2D eigenvalue weighted by molar-refractivity contribution is 5.66. The molecule has 2 atom stereocenters. The zero-order valence-corrected chi connectivity index (χ0v) is 11.1. The van der Waals surface area contributed by atoms with Crippen molar-refractivity contribution in [3.8, 4) is 0 Å². The van der Waals surface area contributed by atoms with E-state index in [2.05, 4.69) is 18.7 Å². The van der Waals surface area contributed by atoms with Crippen LogP contribution < -0.4 is 0 Å². The van der Waals surface area contributed by atoms with Crippen molar-refractivity contribution in [2.24, 2.45) is 11.3 Å². The molecule has 1 N–H and O–H groups in total. The van der Waals surface area contributed by atoms with Crippen LogP contribution in [-0.4, -0.2) is 35.1 Å². The van der Waals surface area contributed by atoms with Gasteiger partial charge in [0.15, 0.2) is 0 Å². The monoisotopic (exact) mass is 239 g/mol. The summed E-state index contributed by atoms with van der Waals surface area (Å²) in [5, 5.41) is 8.72. The SMILES string of the molecule is CC1(C)CCCC1N1CCC(CCC(=O)O)C1. The second kappa shape index (κ2) is 4.97. The largest absolute Gasteiger partial charge is 0.481 e. The van der Waals surface area contributed by atoms with E-state index in [4.69, 9.17) is 5.11 Å². The highest BCUT2D eigenvalue weighted by atomic mass is 16.4. The summed E-state index contributed by atoms with van der Waals surface area (Å²) in [6, 6.07) is 0.734. The van der Waals surface area contributed by atoms with Gasteiger partial charge in [-0.15, -0.1) is 0 Å². The average Bonchev–Trinajstić information content (AvgIpc) is 2.80. The molecule has 1 aliphatic carbocycles. The number of hydrogen-bond acceptors (Lipinski definition) is 2. The van der Waals surface area contributed by atoms with Crippen molar-refractivity contribution < 1.29 is 9.90 Å². The standard InChI is InChI=1S/C14H25NO2/c1-14(2)8-3-4-12(14)15-9-7-11(10-15)5-6-13(16)17/h11-12H,3-10H2,1-2H3,(H,16,17). The summed E-state index contributed by atoms with van der Waals surface area (Å²) in [7, 11) is 0. The van der Waals surface area contributed by atoms with Crippen LogP contribution in [0.1, 0.15) is 52.4 Å². The van der Waals surface area contributed by atoms with E-state index in [1.807, 2.05) is 0 Å². The molecule has 2 fully saturated rings. The third kappa shape index (κ3) is 3.01. The van der Waals surface area contributed by atoms with Gasteiger partial charge in [0.25, 0.3) is 0 Å². The minimum absolute atomic E-state index is 0.340. The van der Waals surface area contributed by atoms with Gasteiger partial charge in [0.1, 0.15) is 0 Å². The van der Waals surface area contributed by atoms with Crippen LogP contribution >= 0.6 is 0 Å². The Morgan fingerprint density at radius 2 is 2.18 bits per heavy atom. The minimum atomic E-state index is -0.648. The summed E-state index contributed by atoms with van der Waals surface area (Å²) in [5.41, 5.74) is 0.460. The molecule has 2 rings (SSSR count). The molecule has 0 amide bonds. The van der Waals surface area contributed by atoms with Crippen LogP contribution in [0.25, 0.3) is 0 Å². The third-order valence-corrected chi connectivity index (χ3v) is 4.73. The van der Waals surface area contributed by atoms with E-state index in [0.717, 1.165) is 19.0 Å². The van der Waals surface area contributed by atoms with Crippen LogP contribution in [0.5, 0.6) is 0 Å². The molecule has 3 heteroatoms. The molecule has 1 heterocycles. The highest BCUT2D eigenvalue weighted by Gasteiger charge is 2.40. The van der Waals surface area contributed by atoms with E-state index >= 15 is 0 Å². The molecule has 1 saturated carbocycles. The first-order valence-corrected chi connectivity index (χ1v) is 6.95. The minimum Gasteiger partial charge on any atom is -0.481 e. The predicted octanol–water partition coefficient (Wildman–Crippen LogP) is 2.75. The number of likely N-dealkylation sites (tertiary alicyclic amines) is 1. The van der Waals surface area contributed by atoms with Crippen molar-refractivity contribution in [3.05, 3.63) is 0 Å². The maximum Gasteiger partial charge on any atom is 0.303 e. The quantitative estimate of drug-likeness (QED) is 0.820. The van der Waals surface area contributed by atoms with Gasteiger partial charge in [0, 0.05) is 19.0 Å². The number of nitrogens with zero attached hydrogens (tertiary/aromatic N) is 1. The van der Waals surface area contributed by atoms with Crippen molar-refractivity contribution in [1.29, 1.82) is 0 Å². The molecule has 17 heavy (non-hydrogen) atoms. The smallest absolute Gasteiger partial charge is 0.303 e. The molecule has 98 valence electrons. The normalized spacial score (nSPS) is 33.1. The summed E-state index contributed by atoms with van der Waals surface area (Å²) in [6.45, 7) is 7.07. The molecule has 0 spiro atoms. The van der Waals surface area contributed by atoms with Gasteiger partial charge in [-0.05, 0) is 43.6 Å². The lowest BCUT2D eigenvalue weighted by atomic mass is 9.86. The van der Waals surface area contributed by atoms with Crippen molar-refractivity contribution >= 4 is 5.97 Å². The Hall–Kier alpha value is -0.570. The molecule has 1 aliphatic heterocycles. The first-order valence-electron chi connectivity index (χ1n) is 6.95. The number of aliphatic carboxylic acids is 1. The van der Waals surface area contributed by atoms with Gasteiger partial charge in [-0.2, -0.15) is 0 Å². The van der Waals surface area contributed by atoms with Gasteiger partial charge < -0.3 is 5.11 Å². The first-order chi connectivity index (χ1) is 7.99. The van der Waals surface area contributed by atoms with Gasteiger partial charge >= 0.3 is 5.97 Å². The van der Waals surface area contributed by atoms with Crippen LogP contribution in [0.15, 0.2) is 0 Å². The Morgan fingerprint density at radius 1 is 1.41 bits per heavy atom. The molecule has 2 aliphatic rings. The maximum atomic E-state index is 10.6. The van der Waals surface area contributed by atoms with E-state index in [-0.39, 0.29) is 0 Å². The number of carboxylic acid groups (broad SMARTS) is 1. The molecule has 3 nitrogen and oxygen atoms in total. The Morgan fingerprint density at radius 3 is 2.76 bits per heavy atom. The topological polar surface area (TPSA) is 40.5 Å². The summed E-state index contributed by atoms with van der Waals surface area (Å²) < 4.78 is 0. The fourth-order valence-electron chi connectivity index (χ4n) is 3.69. The van der Waals surface area contributed by atoms with Crippen LogP contribution in [0, 0.1) is 11.3 Å². The lowest BCUT2D eigenvalue weighted by Crippen LogP contribution is -2.40. The zero-order chi connectivity index (χ0) is 12.5. The summed E-state index contributed by atoms with van der Waals surface area (Å²) in [5.74, 6) is -0.0350. The van der Waals surface area contributed by atoms with E-state index in [1.165, 1.54) is 32.2 Å². The molecular formula is C14H25NO2. The number of rotatable bonds is 4. The van der Waals surface area contributed by atoms with E-state index in [0.29, 0.717) is 17.8 Å². The summed E-state index contributed by atoms with van der Waals surface area (Å²) in [6.07, 6.45) is 6.42. The Kier molecular flexibility index (Phi) is 3.76. The van der Waals surface area contributed by atoms with Crippen LogP contribution in [0.4, 0.5) is 0 Å². The van der Waals surface area contributed by atoms with E-state index in [9.17, 15) is 4.79 Å². The third-order valence-electron chi connectivity index (χ3n) is 4.73. The van der Waals surface area contributed by atoms with Crippen LogP contribution in [-0.2, 0) is 4.79 Å². The summed E-state index contributed by atoms with van der Waals surface area (Å²) >= 11 is 0. The Bertz CT molecular complexity index is 288.